The predicted octanol–water partition coefficient (Wildman–Crippen LogP) is 15.2. The van der Waals surface area contributed by atoms with Gasteiger partial charge in [-0.3, -0.25) is 0 Å². The molecule has 0 aliphatic rings. The van der Waals surface area contributed by atoms with E-state index >= 15 is 0 Å². The van der Waals surface area contributed by atoms with E-state index in [0.717, 1.165) is 82.4 Å². The van der Waals surface area contributed by atoms with Gasteiger partial charge in [0.2, 0.25) is 0 Å². The Bertz CT molecular complexity index is 3490. The molecular weight excluding hydrogens is 731 g/mol. The first kappa shape index (κ1) is 35.2. The highest BCUT2D eigenvalue weighted by atomic mass is 16.3. The molecule has 2 aromatic heterocycles. The van der Waals surface area contributed by atoms with Gasteiger partial charge in [0.1, 0.15) is 11.2 Å². The smallest absolute Gasteiger partial charge is 0.167 e. The van der Waals surface area contributed by atoms with E-state index in [4.69, 9.17) is 19.4 Å². The van der Waals surface area contributed by atoms with Crippen LogP contribution in [0.3, 0.4) is 0 Å². The van der Waals surface area contributed by atoms with Crippen molar-refractivity contribution >= 4 is 60.3 Å². The molecule has 60 heavy (non-hydrogen) atoms. The van der Waals surface area contributed by atoms with Crippen LogP contribution in [0.1, 0.15) is 12.5 Å². The average molecular weight is 768 g/mol. The van der Waals surface area contributed by atoms with Crippen LogP contribution in [0.4, 0.5) is 0 Å². The van der Waals surface area contributed by atoms with Crippen LogP contribution >= 0.6 is 0 Å². The van der Waals surface area contributed by atoms with Gasteiger partial charge in [-0.2, -0.15) is 0 Å². The zero-order chi connectivity index (χ0) is 40.0. The van der Waals surface area contributed by atoms with Crippen LogP contribution in [0.2, 0.25) is 0 Å². The van der Waals surface area contributed by atoms with Crippen LogP contribution in [0.15, 0.2) is 205 Å². The molecule has 0 aliphatic heterocycles. The lowest BCUT2D eigenvalue weighted by atomic mass is 9.95. The zero-order valence-electron chi connectivity index (χ0n) is 32.9. The molecule has 0 aliphatic carbocycles. The number of fused-ring (bicyclic) bond motifs is 7. The van der Waals surface area contributed by atoms with Crippen molar-refractivity contribution in [1.29, 1.82) is 0 Å². The largest absolute Gasteiger partial charge is 0.455 e. The van der Waals surface area contributed by atoms with Crippen molar-refractivity contribution < 1.29 is 4.42 Å². The Balaban J connectivity index is 1.12. The second kappa shape index (κ2) is 14.8. The second-order valence-electron chi connectivity index (χ2n) is 15.2. The van der Waals surface area contributed by atoms with Crippen LogP contribution in [-0.2, 0) is 0 Å². The Kier molecular flexibility index (Phi) is 8.67. The lowest BCUT2D eigenvalue weighted by molar-refractivity contribution is 0.670. The third-order valence-electron chi connectivity index (χ3n) is 11.4. The van der Waals surface area contributed by atoms with Crippen LogP contribution in [0.25, 0.3) is 117 Å². The third kappa shape index (κ3) is 6.41. The SMILES string of the molecule is C/C=C\C=C/c1ccc(-c2nc(-c3ccc4ccccc4c3)nc(-c3cc(-c4ccc(-c5ccc6ccccc6c5)cc4)cc4c3oc3ccc5ccccc5c34)n2)cc1. The van der Waals surface area contributed by atoms with Gasteiger partial charge in [-0.15, -0.1) is 0 Å². The number of benzene rings is 9. The van der Waals surface area contributed by atoms with E-state index in [1.807, 2.05) is 25.2 Å². The first-order valence-corrected chi connectivity index (χ1v) is 20.3. The fourth-order valence-electron chi connectivity index (χ4n) is 8.31. The summed E-state index contributed by atoms with van der Waals surface area (Å²) in [5.74, 6) is 1.73. The van der Waals surface area contributed by atoms with Gasteiger partial charge in [-0.25, -0.2) is 15.0 Å². The van der Waals surface area contributed by atoms with E-state index in [-0.39, 0.29) is 0 Å². The van der Waals surface area contributed by atoms with Crippen LogP contribution in [0, 0.1) is 0 Å². The van der Waals surface area contributed by atoms with Gasteiger partial charge in [-0.05, 0) is 97.4 Å². The van der Waals surface area contributed by atoms with Crippen molar-refractivity contribution in [3.8, 4) is 56.4 Å². The molecular formula is C56H37N3O. The molecule has 11 rings (SSSR count). The van der Waals surface area contributed by atoms with Gasteiger partial charge in [0.15, 0.2) is 17.5 Å². The molecule has 0 saturated carbocycles. The summed E-state index contributed by atoms with van der Waals surface area (Å²) in [6.45, 7) is 2.01. The Hall–Kier alpha value is -7.95. The van der Waals surface area contributed by atoms with Gasteiger partial charge >= 0.3 is 0 Å². The molecule has 0 atom stereocenters. The minimum Gasteiger partial charge on any atom is -0.455 e. The third-order valence-corrected chi connectivity index (χ3v) is 11.4. The standard InChI is InChI=1S/C56H37N3O/c1-2-3-4-11-36-18-20-42(21-19-36)54-57-55(46-29-27-38-13-6-8-16-44(38)33-46)59-56(58-54)50-35-47(34-49-52-48-17-10-9-14-41(48)30-31-51(52)60-53(49)50)40-24-22-39(23-25-40)45-28-26-37-12-5-7-15-43(37)32-45/h2-35H,1H3/b3-2-,11-4-. The van der Waals surface area contributed by atoms with Crippen molar-refractivity contribution in [2.75, 3.05) is 0 Å². The van der Waals surface area contributed by atoms with E-state index in [1.165, 1.54) is 16.3 Å². The van der Waals surface area contributed by atoms with Gasteiger partial charge in [0.05, 0.1) is 5.56 Å². The van der Waals surface area contributed by atoms with Crippen molar-refractivity contribution in [2.45, 2.75) is 6.92 Å². The highest BCUT2D eigenvalue weighted by Gasteiger charge is 2.21. The summed E-state index contributed by atoms with van der Waals surface area (Å²) < 4.78 is 6.85. The fraction of sp³-hybridized carbons (Fsp3) is 0.0179. The average Bonchev–Trinajstić information content (AvgIpc) is 3.70. The lowest BCUT2D eigenvalue weighted by Crippen LogP contribution is -2.00. The van der Waals surface area contributed by atoms with Crippen LogP contribution in [-0.4, -0.2) is 15.0 Å². The van der Waals surface area contributed by atoms with Crippen molar-refractivity contribution in [3.05, 3.63) is 206 Å². The number of hydrogen-bond donors (Lipinski definition) is 0. The lowest BCUT2D eigenvalue weighted by Gasteiger charge is -2.12. The quantitative estimate of drug-likeness (QED) is 0.152. The monoisotopic (exact) mass is 767 g/mol. The molecule has 0 fully saturated rings. The highest BCUT2D eigenvalue weighted by Crippen LogP contribution is 2.42. The maximum atomic E-state index is 6.85. The number of hydrogen-bond acceptors (Lipinski definition) is 4. The first-order chi connectivity index (χ1) is 29.6. The molecule has 0 radical (unpaired) electrons. The fourth-order valence-corrected chi connectivity index (χ4v) is 8.31. The maximum absolute atomic E-state index is 6.85. The number of aromatic nitrogens is 3. The van der Waals surface area contributed by atoms with Crippen molar-refractivity contribution in [3.63, 3.8) is 0 Å². The summed E-state index contributed by atoms with van der Waals surface area (Å²) in [7, 11) is 0. The van der Waals surface area contributed by atoms with E-state index < -0.39 is 0 Å². The zero-order valence-corrected chi connectivity index (χ0v) is 32.9. The Morgan fingerprint density at radius 3 is 1.67 bits per heavy atom. The Labute approximate surface area is 347 Å². The van der Waals surface area contributed by atoms with Crippen molar-refractivity contribution in [2.24, 2.45) is 0 Å². The molecule has 11 aromatic rings. The number of furan rings is 1. The molecule has 9 aromatic carbocycles. The summed E-state index contributed by atoms with van der Waals surface area (Å²) in [4.78, 5) is 15.7. The molecule has 0 N–H and O–H groups in total. The molecule has 0 amide bonds. The number of rotatable bonds is 7. The number of nitrogens with zero attached hydrogens (tertiary/aromatic N) is 3. The predicted molar refractivity (Wildman–Crippen MR) is 251 cm³/mol. The molecule has 4 nitrogen and oxygen atoms in total. The summed E-state index contributed by atoms with van der Waals surface area (Å²) in [6, 6.07) is 64.2. The Morgan fingerprint density at radius 1 is 0.400 bits per heavy atom. The van der Waals surface area contributed by atoms with E-state index in [2.05, 4.69) is 188 Å². The van der Waals surface area contributed by atoms with Gasteiger partial charge in [-0.1, -0.05) is 176 Å². The Morgan fingerprint density at radius 2 is 0.950 bits per heavy atom. The molecule has 0 bridgehead atoms. The van der Waals surface area contributed by atoms with Gasteiger partial charge in [0, 0.05) is 21.9 Å². The minimum atomic E-state index is 0.545. The summed E-state index contributed by atoms with van der Waals surface area (Å²) in [6.07, 6.45) is 8.17. The normalized spacial score (nSPS) is 11.9. The highest BCUT2D eigenvalue weighted by molar-refractivity contribution is 6.21. The molecule has 0 spiro atoms. The van der Waals surface area contributed by atoms with Crippen LogP contribution < -0.4 is 0 Å². The van der Waals surface area contributed by atoms with Gasteiger partial charge < -0.3 is 4.42 Å². The molecule has 0 unspecified atom stereocenters. The van der Waals surface area contributed by atoms with E-state index in [9.17, 15) is 0 Å². The number of allylic oxidation sites excluding steroid dienone is 3. The molecule has 282 valence electrons. The van der Waals surface area contributed by atoms with Crippen LogP contribution in [0.5, 0.6) is 0 Å². The molecule has 0 saturated heterocycles. The van der Waals surface area contributed by atoms with Crippen molar-refractivity contribution in [1.82, 2.24) is 15.0 Å². The van der Waals surface area contributed by atoms with E-state index in [0.29, 0.717) is 17.5 Å². The van der Waals surface area contributed by atoms with Gasteiger partial charge in [0.25, 0.3) is 0 Å². The first-order valence-electron chi connectivity index (χ1n) is 20.3. The maximum Gasteiger partial charge on any atom is 0.167 e. The summed E-state index contributed by atoms with van der Waals surface area (Å²) in [5, 5.41) is 9.13. The second-order valence-corrected chi connectivity index (χ2v) is 15.2. The summed E-state index contributed by atoms with van der Waals surface area (Å²) in [5.41, 5.74) is 9.75. The molecule has 2 heterocycles. The van der Waals surface area contributed by atoms with E-state index in [1.54, 1.807) is 0 Å². The molecule has 4 heteroatoms. The summed E-state index contributed by atoms with van der Waals surface area (Å²) >= 11 is 0. The topological polar surface area (TPSA) is 51.8 Å². The minimum absolute atomic E-state index is 0.545.